The molecule has 1 saturated heterocycles. The predicted octanol–water partition coefficient (Wildman–Crippen LogP) is 4.75. The highest BCUT2D eigenvalue weighted by Gasteiger charge is 2.39. The van der Waals surface area contributed by atoms with Crippen LogP contribution in [0.2, 0.25) is 5.02 Å². The fraction of sp³-hybridized carbons (Fsp3) is 0.200. The quantitative estimate of drug-likeness (QED) is 0.302. The smallest absolute Gasteiger partial charge is 0.335 e. The van der Waals surface area contributed by atoms with E-state index < -0.39 is 12.0 Å². The summed E-state index contributed by atoms with van der Waals surface area (Å²) in [5.41, 5.74) is 2.74. The lowest BCUT2D eigenvalue weighted by atomic mass is 9.80. The number of amides is 1. The number of likely N-dealkylation sites (tertiary alicyclic amines) is 1. The highest BCUT2D eigenvalue weighted by atomic mass is 35.5. The van der Waals surface area contributed by atoms with Gasteiger partial charge in [-0.1, -0.05) is 35.9 Å². The Labute approximate surface area is 239 Å². The first-order chi connectivity index (χ1) is 19.8. The Balaban J connectivity index is 1.45. The molecule has 2 unspecified atom stereocenters. The second kappa shape index (κ2) is 12.2. The highest BCUT2D eigenvalue weighted by molar-refractivity contribution is 6.30. The second-order valence-electron chi connectivity index (χ2n) is 9.71. The van der Waals surface area contributed by atoms with E-state index in [0.717, 1.165) is 5.56 Å². The summed E-state index contributed by atoms with van der Waals surface area (Å²) in [7, 11) is 0. The van der Waals surface area contributed by atoms with Gasteiger partial charge in [0, 0.05) is 35.5 Å². The van der Waals surface area contributed by atoms with Crippen molar-refractivity contribution in [3.63, 3.8) is 0 Å². The first-order valence-electron chi connectivity index (χ1n) is 12.9. The lowest BCUT2D eigenvalue weighted by Crippen LogP contribution is -2.51. The van der Waals surface area contributed by atoms with Gasteiger partial charge >= 0.3 is 5.97 Å². The molecule has 0 spiro atoms. The number of ketones is 1. The maximum atomic E-state index is 13.8. The minimum atomic E-state index is -1.06. The van der Waals surface area contributed by atoms with Crippen molar-refractivity contribution in [3.05, 3.63) is 112 Å². The summed E-state index contributed by atoms with van der Waals surface area (Å²) in [5, 5.41) is 20.9. The standard InChI is InChI=1S/C30H25ClFN5O4/c31-23-10-13-26(37-18-33-34-35-37)22(17-23)9-14-28(39)36-15-1-2-25(20-7-11-24(32)12-8-20)29(36)27(38)16-19-3-5-21(6-4-19)30(40)41/h3-14,17-18,25,29H,1-2,15-16H2,(H,40,41)/b14-9+. The lowest BCUT2D eigenvalue weighted by Gasteiger charge is -2.40. The molecule has 0 saturated carbocycles. The predicted molar refractivity (Wildman–Crippen MR) is 149 cm³/mol. The molecule has 1 fully saturated rings. The third kappa shape index (κ3) is 6.38. The SMILES string of the molecule is O=C(O)c1ccc(CC(=O)C2C(c3ccc(F)cc3)CCCN2C(=O)/C=C/c2cc(Cl)ccc2-n2cnnn2)cc1. The molecule has 5 rings (SSSR count). The van der Waals surface area contributed by atoms with Gasteiger partial charge in [-0.25, -0.2) is 9.18 Å². The van der Waals surface area contributed by atoms with E-state index in [-0.39, 0.29) is 35.4 Å². The fourth-order valence-corrected chi connectivity index (χ4v) is 5.35. The van der Waals surface area contributed by atoms with Crippen LogP contribution in [0.25, 0.3) is 11.8 Å². The van der Waals surface area contributed by atoms with Crippen LogP contribution in [-0.4, -0.2) is 60.5 Å². The second-order valence-corrected chi connectivity index (χ2v) is 10.1. The van der Waals surface area contributed by atoms with Gasteiger partial charge in [-0.2, -0.15) is 4.68 Å². The number of carboxylic acids is 1. The van der Waals surface area contributed by atoms with Crippen LogP contribution in [0, 0.1) is 5.82 Å². The van der Waals surface area contributed by atoms with Gasteiger partial charge in [-0.15, -0.1) is 5.10 Å². The van der Waals surface area contributed by atoms with Gasteiger partial charge in [0.25, 0.3) is 0 Å². The molecule has 0 bridgehead atoms. The number of hydrogen-bond donors (Lipinski definition) is 1. The maximum Gasteiger partial charge on any atom is 0.335 e. The number of piperidine rings is 1. The first-order valence-corrected chi connectivity index (χ1v) is 13.3. The average Bonchev–Trinajstić information content (AvgIpc) is 3.51. The number of Topliss-reactive ketones (excluding diaryl/α,β-unsaturated/α-hetero) is 1. The Hall–Kier alpha value is -4.70. The van der Waals surface area contributed by atoms with Crippen molar-refractivity contribution in [2.75, 3.05) is 6.54 Å². The first kappa shape index (κ1) is 27.9. The van der Waals surface area contributed by atoms with Crippen molar-refractivity contribution in [1.82, 2.24) is 25.1 Å². The number of carboxylic acid groups (broad SMARTS) is 1. The lowest BCUT2D eigenvalue weighted by molar-refractivity contribution is -0.138. The van der Waals surface area contributed by atoms with Gasteiger partial charge in [0.1, 0.15) is 12.1 Å². The Morgan fingerprint density at radius 2 is 1.80 bits per heavy atom. The van der Waals surface area contributed by atoms with E-state index in [1.54, 1.807) is 53.4 Å². The molecule has 0 aliphatic carbocycles. The van der Waals surface area contributed by atoms with Crippen LogP contribution in [0.15, 0.2) is 79.1 Å². The Morgan fingerprint density at radius 3 is 2.49 bits per heavy atom. The number of halogens is 2. The molecule has 1 amide bonds. The fourth-order valence-electron chi connectivity index (χ4n) is 5.17. The largest absolute Gasteiger partial charge is 0.478 e. The summed E-state index contributed by atoms with van der Waals surface area (Å²) >= 11 is 6.22. The van der Waals surface area contributed by atoms with E-state index >= 15 is 0 Å². The van der Waals surface area contributed by atoms with Crippen molar-refractivity contribution in [3.8, 4) is 5.69 Å². The molecule has 208 valence electrons. The van der Waals surface area contributed by atoms with Gasteiger partial charge in [-0.05, 0) is 82.9 Å². The van der Waals surface area contributed by atoms with E-state index in [1.165, 1.54) is 41.4 Å². The summed E-state index contributed by atoms with van der Waals surface area (Å²) in [5.74, 6) is -2.34. The number of carbonyl (C=O) groups is 3. The van der Waals surface area contributed by atoms with Gasteiger partial charge in [0.15, 0.2) is 5.78 Å². The number of rotatable bonds is 8. The third-order valence-electron chi connectivity index (χ3n) is 7.11. The van der Waals surface area contributed by atoms with Crippen LogP contribution >= 0.6 is 11.6 Å². The van der Waals surface area contributed by atoms with Gasteiger partial charge in [0.2, 0.25) is 5.91 Å². The number of nitrogens with zero attached hydrogens (tertiary/aromatic N) is 5. The summed E-state index contributed by atoms with van der Waals surface area (Å²) in [6.45, 7) is 0.366. The van der Waals surface area contributed by atoms with E-state index in [0.29, 0.717) is 41.2 Å². The Morgan fingerprint density at radius 1 is 1.05 bits per heavy atom. The zero-order chi connectivity index (χ0) is 28.9. The van der Waals surface area contributed by atoms with Gasteiger partial charge in [0.05, 0.1) is 17.3 Å². The minimum absolute atomic E-state index is 0.00744. The summed E-state index contributed by atoms with van der Waals surface area (Å²) in [4.78, 5) is 40.3. The zero-order valence-corrected chi connectivity index (χ0v) is 22.5. The molecule has 1 aliphatic heterocycles. The molecule has 2 heterocycles. The molecule has 2 atom stereocenters. The molecule has 1 aliphatic rings. The number of aromatic carboxylic acids is 1. The summed E-state index contributed by atoms with van der Waals surface area (Å²) in [6.07, 6.45) is 5.75. The molecule has 11 heteroatoms. The molecule has 3 aromatic carbocycles. The molecular formula is C30H25ClFN5O4. The zero-order valence-electron chi connectivity index (χ0n) is 21.7. The molecule has 1 N–H and O–H groups in total. The van der Waals surface area contributed by atoms with Gasteiger partial charge in [-0.3, -0.25) is 9.59 Å². The molecular weight excluding hydrogens is 549 g/mol. The van der Waals surface area contributed by atoms with Crippen molar-refractivity contribution in [2.24, 2.45) is 0 Å². The van der Waals surface area contributed by atoms with Gasteiger partial charge < -0.3 is 10.0 Å². The van der Waals surface area contributed by atoms with E-state index in [1.807, 2.05) is 0 Å². The van der Waals surface area contributed by atoms with Crippen molar-refractivity contribution >= 4 is 35.3 Å². The average molecular weight is 574 g/mol. The number of tetrazole rings is 1. The Kier molecular flexibility index (Phi) is 8.30. The molecule has 4 aromatic rings. The van der Waals surface area contributed by atoms with E-state index in [2.05, 4.69) is 15.5 Å². The van der Waals surface area contributed by atoms with Crippen molar-refractivity contribution in [1.29, 1.82) is 0 Å². The maximum absolute atomic E-state index is 13.8. The summed E-state index contributed by atoms with van der Waals surface area (Å²) < 4.78 is 15.2. The molecule has 1 aromatic heterocycles. The van der Waals surface area contributed by atoms with E-state index in [4.69, 9.17) is 11.6 Å². The molecule has 41 heavy (non-hydrogen) atoms. The van der Waals surface area contributed by atoms with Crippen LogP contribution in [0.1, 0.15) is 45.8 Å². The minimum Gasteiger partial charge on any atom is -0.478 e. The number of hydrogen-bond acceptors (Lipinski definition) is 6. The van der Waals surface area contributed by atoms with E-state index in [9.17, 15) is 23.9 Å². The summed E-state index contributed by atoms with van der Waals surface area (Å²) in [6, 6.07) is 16.4. The number of benzene rings is 3. The monoisotopic (exact) mass is 573 g/mol. The van der Waals surface area contributed by atoms with Crippen LogP contribution in [0.5, 0.6) is 0 Å². The highest BCUT2D eigenvalue weighted by Crippen LogP contribution is 2.34. The Bertz CT molecular complexity index is 1590. The van der Waals surface area contributed by atoms with Crippen LogP contribution in [0.4, 0.5) is 4.39 Å². The van der Waals surface area contributed by atoms with Crippen molar-refractivity contribution in [2.45, 2.75) is 31.2 Å². The topological polar surface area (TPSA) is 118 Å². The van der Waals surface area contributed by atoms with Crippen LogP contribution in [0.3, 0.4) is 0 Å². The van der Waals surface area contributed by atoms with Crippen molar-refractivity contribution < 1.29 is 23.9 Å². The number of aromatic nitrogens is 4. The number of carbonyl (C=O) groups excluding carboxylic acids is 2. The molecule has 0 radical (unpaired) electrons. The van der Waals surface area contributed by atoms with Crippen LogP contribution in [-0.2, 0) is 16.0 Å². The normalized spacial score (nSPS) is 17.1. The third-order valence-corrected chi connectivity index (χ3v) is 7.35. The molecule has 9 nitrogen and oxygen atoms in total. The van der Waals surface area contributed by atoms with Crippen LogP contribution < -0.4 is 0 Å².